The Morgan fingerprint density at radius 2 is 2.17 bits per heavy atom. The van der Waals surface area contributed by atoms with E-state index < -0.39 is 0 Å². The van der Waals surface area contributed by atoms with Crippen molar-refractivity contribution in [2.75, 3.05) is 0 Å². The molecular weight excluding hydrogens is 152 g/mol. The Kier molecular flexibility index (Phi) is 1.55. The number of rotatable bonds is 1. The molecule has 1 aromatic heterocycles. The Morgan fingerprint density at radius 3 is 3.00 bits per heavy atom. The van der Waals surface area contributed by atoms with Crippen LogP contribution in [0.3, 0.4) is 0 Å². The highest BCUT2D eigenvalue weighted by Crippen LogP contribution is 2.23. The van der Waals surface area contributed by atoms with Gasteiger partial charge in [0.25, 0.3) is 0 Å². The van der Waals surface area contributed by atoms with Crippen LogP contribution >= 0.6 is 0 Å². The van der Waals surface area contributed by atoms with E-state index in [1.54, 1.807) is 30.6 Å². The van der Waals surface area contributed by atoms with E-state index in [-0.39, 0.29) is 0 Å². The minimum absolute atomic E-state index is 0.468. The second-order valence-electron chi connectivity index (χ2n) is 2.47. The van der Waals surface area contributed by atoms with Gasteiger partial charge in [-0.1, -0.05) is 12.1 Å². The molecule has 0 amide bonds. The summed E-state index contributed by atoms with van der Waals surface area (Å²) in [6, 6.07) is 7.17. The second kappa shape index (κ2) is 2.70. The van der Waals surface area contributed by atoms with Crippen molar-refractivity contribution in [1.82, 2.24) is 4.98 Å². The lowest BCUT2D eigenvalue weighted by Crippen LogP contribution is -1.74. The summed E-state index contributed by atoms with van der Waals surface area (Å²) in [5.41, 5.74) is 0.468. The maximum absolute atomic E-state index is 10.4. The average molecular weight is 158 g/mol. The minimum Gasteiger partial charge on any atom is -0.264 e. The van der Waals surface area contributed by atoms with E-state index in [1.807, 2.05) is 6.07 Å². The first-order valence-corrected chi connectivity index (χ1v) is 3.58. The molecule has 0 saturated carbocycles. The molecule has 0 aliphatic heterocycles. The fraction of sp³-hybridized carbons (Fsp3) is 0. The first-order valence-electron chi connectivity index (χ1n) is 3.58. The van der Waals surface area contributed by atoms with E-state index in [0.717, 1.165) is 10.8 Å². The van der Waals surface area contributed by atoms with E-state index in [2.05, 4.69) is 10.2 Å². The van der Waals surface area contributed by atoms with Gasteiger partial charge < -0.3 is 0 Å². The fourth-order valence-electron chi connectivity index (χ4n) is 1.19. The summed E-state index contributed by atoms with van der Waals surface area (Å²) in [6.45, 7) is 0. The number of aromatic nitrogens is 1. The lowest BCUT2D eigenvalue weighted by molar-refractivity contribution is 1.36. The first-order chi connectivity index (χ1) is 5.92. The van der Waals surface area contributed by atoms with E-state index in [0.29, 0.717) is 5.69 Å². The van der Waals surface area contributed by atoms with Crippen LogP contribution in [-0.2, 0) is 0 Å². The number of benzene rings is 1. The summed E-state index contributed by atoms with van der Waals surface area (Å²) in [4.78, 5) is 14.3. The van der Waals surface area contributed by atoms with E-state index in [4.69, 9.17) is 0 Å². The van der Waals surface area contributed by atoms with Gasteiger partial charge in [-0.2, -0.15) is 0 Å². The Hall–Kier alpha value is -1.77. The molecule has 0 aliphatic rings. The fourth-order valence-corrected chi connectivity index (χ4v) is 1.19. The molecule has 2 rings (SSSR count). The summed E-state index contributed by atoms with van der Waals surface area (Å²) in [6.07, 6.45) is 3.36. The van der Waals surface area contributed by atoms with Gasteiger partial charge in [0.1, 0.15) is 5.69 Å². The van der Waals surface area contributed by atoms with Gasteiger partial charge in [-0.05, 0) is 17.3 Å². The van der Waals surface area contributed by atoms with Gasteiger partial charge in [-0.15, -0.1) is 4.91 Å². The van der Waals surface area contributed by atoms with Crippen LogP contribution in [0.5, 0.6) is 0 Å². The van der Waals surface area contributed by atoms with Crippen molar-refractivity contribution in [3.05, 3.63) is 41.6 Å². The third kappa shape index (κ3) is 0.955. The topological polar surface area (TPSA) is 42.3 Å². The second-order valence-corrected chi connectivity index (χ2v) is 2.47. The molecule has 0 saturated heterocycles. The van der Waals surface area contributed by atoms with Gasteiger partial charge in [-0.25, -0.2) is 0 Å². The van der Waals surface area contributed by atoms with Crippen molar-refractivity contribution in [3.63, 3.8) is 0 Å². The Balaban J connectivity index is 2.88. The summed E-state index contributed by atoms with van der Waals surface area (Å²) in [7, 11) is 0. The molecule has 3 heteroatoms. The van der Waals surface area contributed by atoms with Gasteiger partial charge in [0.15, 0.2) is 0 Å². The van der Waals surface area contributed by atoms with E-state index in [9.17, 15) is 4.91 Å². The number of hydrogen-bond acceptors (Lipinski definition) is 3. The van der Waals surface area contributed by atoms with Crippen molar-refractivity contribution in [2.24, 2.45) is 5.18 Å². The average Bonchev–Trinajstić information content (AvgIpc) is 2.17. The Morgan fingerprint density at radius 1 is 1.25 bits per heavy atom. The monoisotopic (exact) mass is 158 g/mol. The zero-order chi connectivity index (χ0) is 8.39. The van der Waals surface area contributed by atoms with Crippen LogP contribution in [0.1, 0.15) is 0 Å². The predicted molar refractivity (Wildman–Crippen MR) is 47.2 cm³/mol. The molecule has 1 heterocycles. The number of pyridine rings is 1. The third-order valence-electron chi connectivity index (χ3n) is 1.76. The highest BCUT2D eigenvalue weighted by atomic mass is 16.3. The molecule has 58 valence electrons. The van der Waals surface area contributed by atoms with Crippen LogP contribution in [0.4, 0.5) is 5.69 Å². The highest BCUT2D eigenvalue weighted by Gasteiger charge is 1.98. The van der Waals surface area contributed by atoms with Gasteiger partial charge in [0.2, 0.25) is 0 Å². The number of nitroso groups, excluding NO2 is 1. The third-order valence-corrected chi connectivity index (χ3v) is 1.76. The lowest BCUT2D eigenvalue weighted by Gasteiger charge is -1.96. The molecule has 1 aromatic carbocycles. The lowest BCUT2D eigenvalue weighted by atomic mass is 10.1. The van der Waals surface area contributed by atoms with Crippen molar-refractivity contribution >= 4 is 16.5 Å². The zero-order valence-corrected chi connectivity index (χ0v) is 6.27. The molecule has 2 aromatic rings. The maximum atomic E-state index is 10.4. The molecule has 0 fully saturated rings. The van der Waals surface area contributed by atoms with Gasteiger partial charge >= 0.3 is 0 Å². The van der Waals surface area contributed by atoms with Gasteiger partial charge in [0.05, 0.1) is 0 Å². The molecule has 3 nitrogen and oxygen atoms in total. The largest absolute Gasteiger partial charge is 0.264 e. The maximum Gasteiger partial charge on any atom is 0.115 e. The number of nitrogens with zero attached hydrogens (tertiary/aromatic N) is 2. The van der Waals surface area contributed by atoms with Crippen LogP contribution in [0.25, 0.3) is 10.8 Å². The first kappa shape index (κ1) is 6.91. The molecular formula is C9H6N2O. The summed E-state index contributed by atoms with van der Waals surface area (Å²) in [5, 5.41) is 4.71. The van der Waals surface area contributed by atoms with Gasteiger partial charge in [-0.3, -0.25) is 4.98 Å². The predicted octanol–water partition coefficient (Wildman–Crippen LogP) is 2.63. The smallest absolute Gasteiger partial charge is 0.115 e. The minimum atomic E-state index is 0.468. The Labute approximate surface area is 69.0 Å². The van der Waals surface area contributed by atoms with E-state index in [1.165, 1.54) is 0 Å². The van der Waals surface area contributed by atoms with Crippen molar-refractivity contribution in [3.8, 4) is 0 Å². The van der Waals surface area contributed by atoms with Crippen LogP contribution in [0.2, 0.25) is 0 Å². The molecule has 12 heavy (non-hydrogen) atoms. The van der Waals surface area contributed by atoms with Crippen molar-refractivity contribution in [2.45, 2.75) is 0 Å². The SMILES string of the molecule is O=Nc1cccc2cnccc12. The molecule has 0 atom stereocenters. The molecule has 0 bridgehead atoms. The van der Waals surface area contributed by atoms with Gasteiger partial charge in [0, 0.05) is 23.2 Å². The van der Waals surface area contributed by atoms with Crippen molar-refractivity contribution in [1.29, 1.82) is 0 Å². The molecule has 0 spiro atoms. The molecule has 0 radical (unpaired) electrons. The van der Waals surface area contributed by atoms with Crippen LogP contribution in [0.15, 0.2) is 41.8 Å². The van der Waals surface area contributed by atoms with Crippen LogP contribution in [-0.4, -0.2) is 4.98 Å². The summed E-state index contributed by atoms with van der Waals surface area (Å²) in [5.74, 6) is 0. The highest BCUT2D eigenvalue weighted by molar-refractivity contribution is 5.91. The van der Waals surface area contributed by atoms with Crippen molar-refractivity contribution < 1.29 is 0 Å². The number of hydrogen-bond donors (Lipinski definition) is 0. The van der Waals surface area contributed by atoms with Crippen LogP contribution < -0.4 is 0 Å². The molecule has 0 N–H and O–H groups in total. The molecule has 0 aliphatic carbocycles. The number of fused-ring (bicyclic) bond motifs is 1. The Bertz CT molecular complexity index is 420. The summed E-state index contributed by atoms with van der Waals surface area (Å²) >= 11 is 0. The van der Waals surface area contributed by atoms with Crippen LogP contribution in [0, 0.1) is 4.91 Å². The summed E-state index contributed by atoms with van der Waals surface area (Å²) < 4.78 is 0. The normalized spacial score (nSPS) is 10.0. The quantitative estimate of drug-likeness (QED) is 0.598. The zero-order valence-electron chi connectivity index (χ0n) is 6.27. The standard InChI is InChI=1S/C9H6N2O/c12-11-9-3-1-2-7-6-10-5-4-8(7)9/h1-6H. The molecule has 0 unspecified atom stereocenters. The van der Waals surface area contributed by atoms with E-state index >= 15 is 0 Å².